The first-order valence-corrected chi connectivity index (χ1v) is 9.59. The Labute approximate surface area is 166 Å². The fourth-order valence-electron chi connectivity index (χ4n) is 2.66. The minimum atomic E-state index is -0.204. The summed E-state index contributed by atoms with van der Waals surface area (Å²) < 4.78 is 13.3. The fourth-order valence-corrected chi connectivity index (χ4v) is 3.93. The maximum atomic E-state index is 12.7. The van der Waals surface area contributed by atoms with Crippen LogP contribution in [-0.2, 0) is 0 Å². The largest absolute Gasteiger partial charge is 0.497 e. The molecule has 0 N–H and O–H groups in total. The Kier molecular flexibility index (Phi) is 4.67. The van der Waals surface area contributed by atoms with Crippen molar-refractivity contribution in [3.8, 4) is 22.9 Å². The van der Waals surface area contributed by atoms with Crippen LogP contribution < -0.4 is 19.6 Å². The van der Waals surface area contributed by atoms with Gasteiger partial charge in [0.25, 0.3) is 5.56 Å². The molecule has 0 fully saturated rings. The first kappa shape index (κ1) is 17.7. The molecule has 2 heterocycles. The van der Waals surface area contributed by atoms with Crippen LogP contribution in [0.1, 0.15) is 5.56 Å². The number of hydrogen-bond donors (Lipinski definition) is 0. The van der Waals surface area contributed by atoms with E-state index in [0.29, 0.717) is 21.1 Å². The fraction of sp³-hybridized carbons (Fsp3) is 0.105. The minimum Gasteiger partial charge on any atom is -0.497 e. The van der Waals surface area contributed by atoms with Crippen molar-refractivity contribution in [3.63, 3.8) is 0 Å². The molecule has 0 bridgehead atoms. The molecule has 0 spiro atoms. The molecule has 2 aromatic heterocycles. The van der Waals surface area contributed by atoms with E-state index >= 15 is 0 Å². The first-order chi connectivity index (χ1) is 13.1. The normalized spacial score (nSPS) is 11.9. The number of ether oxygens (including phenoxy) is 2. The Bertz CT molecular complexity index is 1230. The summed E-state index contributed by atoms with van der Waals surface area (Å²) in [6, 6.07) is 13.0. The van der Waals surface area contributed by atoms with E-state index < -0.39 is 0 Å². The predicted molar refractivity (Wildman–Crippen MR) is 109 cm³/mol. The van der Waals surface area contributed by atoms with E-state index in [-0.39, 0.29) is 5.56 Å². The Morgan fingerprint density at radius 1 is 1.11 bits per heavy atom. The molecule has 27 heavy (non-hydrogen) atoms. The maximum absolute atomic E-state index is 12.7. The summed E-state index contributed by atoms with van der Waals surface area (Å²) in [5.74, 6) is 1.95. The standard InChI is InChI=1S/C19H14BrN3O3S/c1-25-14-6-3-11(4-7-14)17-21-19-23(22-17)18(24)16(27-19)10-12-9-13(20)5-8-15(12)26-2/h3-10H,1-2H3. The minimum absolute atomic E-state index is 0.204. The van der Waals surface area contributed by atoms with Gasteiger partial charge in [-0.05, 0) is 48.5 Å². The third kappa shape index (κ3) is 3.33. The molecule has 4 aromatic rings. The molecule has 0 radical (unpaired) electrons. The number of nitrogens with zero attached hydrogens (tertiary/aromatic N) is 3. The van der Waals surface area contributed by atoms with Crippen LogP contribution in [0.4, 0.5) is 0 Å². The lowest BCUT2D eigenvalue weighted by atomic mass is 10.2. The zero-order valence-corrected chi connectivity index (χ0v) is 16.9. The van der Waals surface area contributed by atoms with Crippen molar-refractivity contribution in [1.29, 1.82) is 0 Å². The van der Waals surface area contributed by atoms with Gasteiger partial charge in [-0.15, -0.1) is 5.10 Å². The van der Waals surface area contributed by atoms with E-state index in [1.807, 2.05) is 42.5 Å². The molecule has 0 saturated heterocycles. The van der Waals surface area contributed by atoms with Gasteiger partial charge in [-0.1, -0.05) is 27.3 Å². The molecule has 136 valence electrons. The Hall–Kier alpha value is -2.71. The predicted octanol–water partition coefficient (Wildman–Crippen LogP) is 3.15. The highest BCUT2D eigenvalue weighted by Gasteiger charge is 2.12. The first-order valence-electron chi connectivity index (χ1n) is 7.98. The van der Waals surface area contributed by atoms with Crippen LogP contribution in [0.2, 0.25) is 0 Å². The van der Waals surface area contributed by atoms with Gasteiger partial charge in [0.1, 0.15) is 11.5 Å². The Morgan fingerprint density at radius 2 is 1.89 bits per heavy atom. The molecule has 0 aliphatic rings. The van der Waals surface area contributed by atoms with Crippen LogP contribution in [0, 0.1) is 0 Å². The van der Waals surface area contributed by atoms with Crippen molar-refractivity contribution >= 4 is 38.3 Å². The third-order valence-corrected chi connectivity index (χ3v) is 5.46. The number of benzene rings is 2. The van der Waals surface area contributed by atoms with Crippen LogP contribution >= 0.6 is 27.3 Å². The summed E-state index contributed by atoms with van der Waals surface area (Å²) in [5, 5.41) is 4.36. The Morgan fingerprint density at radius 3 is 2.56 bits per heavy atom. The van der Waals surface area contributed by atoms with Crippen LogP contribution in [0.3, 0.4) is 0 Å². The van der Waals surface area contributed by atoms with Gasteiger partial charge in [0.2, 0.25) is 4.96 Å². The molecular formula is C19H14BrN3O3S. The number of rotatable bonds is 4. The van der Waals surface area contributed by atoms with Gasteiger partial charge in [0, 0.05) is 15.6 Å². The second-order valence-electron chi connectivity index (χ2n) is 5.66. The smallest absolute Gasteiger partial charge is 0.291 e. The average molecular weight is 444 g/mol. The highest BCUT2D eigenvalue weighted by Crippen LogP contribution is 2.24. The quantitative estimate of drug-likeness (QED) is 0.484. The molecule has 0 amide bonds. The molecular weight excluding hydrogens is 430 g/mol. The van der Waals surface area contributed by atoms with Gasteiger partial charge in [0.15, 0.2) is 5.82 Å². The van der Waals surface area contributed by atoms with Crippen LogP contribution in [-0.4, -0.2) is 28.8 Å². The summed E-state index contributed by atoms with van der Waals surface area (Å²) in [4.78, 5) is 17.8. The number of halogens is 1. The average Bonchev–Trinajstić information content (AvgIpc) is 3.22. The summed E-state index contributed by atoms with van der Waals surface area (Å²) in [6.45, 7) is 0. The molecule has 2 aromatic carbocycles. The number of methoxy groups -OCH3 is 2. The molecule has 0 saturated carbocycles. The molecule has 4 rings (SSSR count). The zero-order valence-electron chi connectivity index (χ0n) is 14.5. The molecule has 8 heteroatoms. The second-order valence-corrected chi connectivity index (χ2v) is 7.59. The monoisotopic (exact) mass is 443 g/mol. The number of hydrogen-bond acceptors (Lipinski definition) is 6. The van der Waals surface area contributed by atoms with Gasteiger partial charge in [-0.25, -0.2) is 0 Å². The van der Waals surface area contributed by atoms with Crippen molar-refractivity contribution < 1.29 is 9.47 Å². The van der Waals surface area contributed by atoms with Gasteiger partial charge >= 0.3 is 0 Å². The van der Waals surface area contributed by atoms with E-state index in [1.165, 1.54) is 15.9 Å². The van der Waals surface area contributed by atoms with Crippen LogP contribution in [0.15, 0.2) is 51.7 Å². The summed E-state index contributed by atoms with van der Waals surface area (Å²) in [6.07, 6.45) is 1.79. The van der Waals surface area contributed by atoms with Gasteiger partial charge in [-0.3, -0.25) is 4.79 Å². The lowest BCUT2D eigenvalue weighted by molar-refractivity contribution is 0.413. The van der Waals surface area contributed by atoms with E-state index in [2.05, 4.69) is 26.0 Å². The van der Waals surface area contributed by atoms with E-state index in [1.54, 1.807) is 20.3 Å². The van der Waals surface area contributed by atoms with Crippen molar-refractivity contribution in [2.24, 2.45) is 0 Å². The number of fused-ring (bicyclic) bond motifs is 1. The van der Waals surface area contributed by atoms with Crippen LogP contribution in [0.25, 0.3) is 22.4 Å². The Balaban J connectivity index is 1.79. The summed E-state index contributed by atoms with van der Waals surface area (Å²) in [7, 11) is 3.21. The van der Waals surface area contributed by atoms with E-state index in [4.69, 9.17) is 9.47 Å². The third-order valence-electron chi connectivity index (χ3n) is 4.01. The van der Waals surface area contributed by atoms with Gasteiger partial charge in [-0.2, -0.15) is 9.50 Å². The lowest BCUT2D eigenvalue weighted by Gasteiger charge is -2.04. The molecule has 0 aliphatic heterocycles. The molecule has 6 nitrogen and oxygen atoms in total. The zero-order chi connectivity index (χ0) is 19.0. The van der Waals surface area contributed by atoms with E-state index in [0.717, 1.165) is 21.3 Å². The van der Waals surface area contributed by atoms with Crippen molar-refractivity contribution in [2.75, 3.05) is 14.2 Å². The lowest BCUT2D eigenvalue weighted by Crippen LogP contribution is -2.23. The van der Waals surface area contributed by atoms with Crippen molar-refractivity contribution in [3.05, 3.63) is 67.4 Å². The number of thiazole rings is 1. The molecule has 0 aliphatic carbocycles. The van der Waals surface area contributed by atoms with E-state index in [9.17, 15) is 4.79 Å². The van der Waals surface area contributed by atoms with Gasteiger partial charge < -0.3 is 9.47 Å². The molecule has 0 atom stereocenters. The highest BCUT2D eigenvalue weighted by atomic mass is 79.9. The summed E-state index contributed by atoms with van der Waals surface area (Å²) >= 11 is 4.73. The SMILES string of the molecule is COc1ccc(-c2nc3sc(=Cc4cc(Br)ccc4OC)c(=O)n3n2)cc1. The summed E-state index contributed by atoms with van der Waals surface area (Å²) in [5.41, 5.74) is 1.43. The van der Waals surface area contributed by atoms with Crippen LogP contribution in [0.5, 0.6) is 11.5 Å². The molecule has 0 unspecified atom stereocenters. The van der Waals surface area contributed by atoms with Crippen molar-refractivity contribution in [2.45, 2.75) is 0 Å². The van der Waals surface area contributed by atoms with Crippen molar-refractivity contribution in [1.82, 2.24) is 14.6 Å². The highest BCUT2D eigenvalue weighted by molar-refractivity contribution is 9.10. The second kappa shape index (κ2) is 7.13. The maximum Gasteiger partial charge on any atom is 0.291 e. The number of aromatic nitrogens is 3. The topological polar surface area (TPSA) is 65.7 Å². The van der Waals surface area contributed by atoms with Gasteiger partial charge in [0.05, 0.1) is 18.8 Å².